The summed E-state index contributed by atoms with van der Waals surface area (Å²) < 4.78 is 0. The molecule has 0 atom stereocenters. The fraction of sp³-hybridized carbons (Fsp3) is 0.714. The fourth-order valence-electron chi connectivity index (χ4n) is 4.70. The average Bonchev–Trinajstić information content (AvgIpc) is 2.66. The molecule has 5 heteroatoms. The summed E-state index contributed by atoms with van der Waals surface area (Å²) in [6.07, 6.45) is 8.82. The van der Waals surface area contributed by atoms with Gasteiger partial charge in [0.25, 0.3) is 5.91 Å². The molecule has 0 radical (unpaired) electrons. The number of rotatable bonds is 5. The van der Waals surface area contributed by atoms with E-state index in [1.165, 1.54) is 0 Å². The number of carbonyl (C=O) groups excluding carboxylic acids is 1. The van der Waals surface area contributed by atoms with Crippen LogP contribution in [-0.4, -0.2) is 64.6 Å². The van der Waals surface area contributed by atoms with E-state index in [2.05, 4.69) is 23.9 Å². The molecule has 1 aliphatic carbocycles. The second-order valence-electron chi connectivity index (χ2n) is 8.47. The van der Waals surface area contributed by atoms with Gasteiger partial charge in [-0.15, -0.1) is 0 Å². The van der Waals surface area contributed by atoms with E-state index < -0.39 is 5.60 Å². The van der Waals surface area contributed by atoms with Crippen LogP contribution in [0.15, 0.2) is 24.4 Å². The summed E-state index contributed by atoms with van der Waals surface area (Å²) in [6.45, 7) is 5.61. The molecule has 5 nitrogen and oxygen atoms in total. The third-order valence-electron chi connectivity index (χ3n) is 6.41. The first-order valence-electron chi connectivity index (χ1n) is 10.1. The molecule has 1 amide bonds. The maximum Gasteiger partial charge on any atom is 0.272 e. The van der Waals surface area contributed by atoms with Crippen LogP contribution in [0, 0.1) is 5.41 Å². The number of hydrogen-bond acceptors (Lipinski definition) is 4. The molecule has 1 aromatic rings. The third-order valence-corrected chi connectivity index (χ3v) is 6.41. The Bertz CT molecular complexity index is 587. The molecule has 1 spiro atoms. The Labute approximate surface area is 157 Å². The molecule has 0 unspecified atom stereocenters. The summed E-state index contributed by atoms with van der Waals surface area (Å²) in [5.74, 6) is 0.0500. The minimum Gasteiger partial charge on any atom is -0.389 e. The second-order valence-corrected chi connectivity index (χ2v) is 8.47. The van der Waals surface area contributed by atoms with Crippen molar-refractivity contribution in [3.8, 4) is 0 Å². The van der Waals surface area contributed by atoms with Crippen LogP contribution < -0.4 is 0 Å². The molecule has 1 saturated heterocycles. The Morgan fingerprint density at radius 3 is 2.46 bits per heavy atom. The van der Waals surface area contributed by atoms with Gasteiger partial charge in [-0.1, -0.05) is 13.0 Å². The molecular formula is C21H33N3O2. The van der Waals surface area contributed by atoms with Gasteiger partial charge in [-0.25, -0.2) is 0 Å². The average molecular weight is 360 g/mol. The van der Waals surface area contributed by atoms with Gasteiger partial charge in [0.1, 0.15) is 5.69 Å². The summed E-state index contributed by atoms with van der Waals surface area (Å²) in [5, 5.41) is 11.0. The molecule has 1 saturated carbocycles. The summed E-state index contributed by atoms with van der Waals surface area (Å²) in [5.41, 5.74) is 0.326. The molecule has 0 aromatic carbocycles. The number of nitrogens with zero attached hydrogens (tertiary/aromatic N) is 3. The van der Waals surface area contributed by atoms with Crippen molar-refractivity contribution in [2.75, 3.05) is 33.2 Å². The number of pyridine rings is 1. The van der Waals surface area contributed by atoms with Crippen molar-refractivity contribution in [1.82, 2.24) is 14.8 Å². The first kappa shape index (κ1) is 19.3. The normalized spacial score (nSPS) is 21.9. The lowest BCUT2D eigenvalue weighted by atomic mass is 9.64. The van der Waals surface area contributed by atoms with Crippen LogP contribution in [0.4, 0.5) is 0 Å². The Kier molecular flexibility index (Phi) is 5.98. The van der Waals surface area contributed by atoms with E-state index in [1.807, 2.05) is 17.0 Å². The molecular weight excluding hydrogens is 326 g/mol. The zero-order chi connectivity index (χ0) is 18.6. The predicted molar refractivity (Wildman–Crippen MR) is 103 cm³/mol. The molecule has 144 valence electrons. The lowest BCUT2D eigenvalue weighted by molar-refractivity contribution is -0.0643. The Hall–Kier alpha value is -1.46. The minimum absolute atomic E-state index is 0.0500. The van der Waals surface area contributed by atoms with Crippen LogP contribution in [-0.2, 0) is 0 Å². The van der Waals surface area contributed by atoms with Crippen molar-refractivity contribution in [2.45, 2.75) is 57.5 Å². The van der Waals surface area contributed by atoms with Crippen molar-refractivity contribution >= 4 is 5.91 Å². The third kappa shape index (κ3) is 4.44. The van der Waals surface area contributed by atoms with Gasteiger partial charge in [-0.05, 0) is 76.1 Å². The van der Waals surface area contributed by atoms with E-state index in [9.17, 15) is 9.90 Å². The van der Waals surface area contributed by atoms with Crippen LogP contribution in [0.1, 0.15) is 62.4 Å². The van der Waals surface area contributed by atoms with E-state index >= 15 is 0 Å². The van der Waals surface area contributed by atoms with E-state index in [0.717, 1.165) is 71.1 Å². The number of aliphatic hydroxyl groups is 1. The number of amides is 1. The molecule has 2 heterocycles. The molecule has 2 aliphatic rings. The minimum atomic E-state index is -0.532. The van der Waals surface area contributed by atoms with Gasteiger partial charge < -0.3 is 14.9 Å². The van der Waals surface area contributed by atoms with Crippen LogP contribution in [0.25, 0.3) is 0 Å². The maximum atomic E-state index is 12.6. The molecule has 1 N–H and O–H groups in total. The Morgan fingerprint density at radius 1 is 1.19 bits per heavy atom. The quantitative estimate of drug-likeness (QED) is 0.878. The maximum absolute atomic E-state index is 12.6. The van der Waals surface area contributed by atoms with Crippen molar-refractivity contribution in [3.05, 3.63) is 30.1 Å². The van der Waals surface area contributed by atoms with Crippen LogP contribution in [0.2, 0.25) is 0 Å². The van der Waals surface area contributed by atoms with Gasteiger partial charge in [0.05, 0.1) is 5.60 Å². The zero-order valence-electron chi connectivity index (χ0n) is 16.3. The highest BCUT2D eigenvalue weighted by atomic mass is 16.3. The Balaban J connectivity index is 1.51. The predicted octanol–water partition coefficient (Wildman–Crippen LogP) is 2.95. The lowest BCUT2D eigenvalue weighted by Gasteiger charge is -2.49. The summed E-state index contributed by atoms with van der Waals surface area (Å²) in [4.78, 5) is 21.0. The van der Waals surface area contributed by atoms with E-state index in [4.69, 9.17) is 0 Å². The number of aromatic nitrogens is 1. The fourth-order valence-corrected chi connectivity index (χ4v) is 4.70. The second kappa shape index (κ2) is 8.05. The van der Waals surface area contributed by atoms with Gasteiger partial charge in [0, 0.05) is 25.8 Å². The largest absolute Gasteiger partial charge is 0.389 e. The molecule has 0 bridgehead atoms. The topological polar surface area (TPSA) is 56.7 Å². The van der Waals surface area contributed by atoms with Crippen molar-refractivity contribution in [3.63, 3.8) is 0 Å². The first-order valence-corrected chi connectivity index (χ1v) is 10.1. The van der Waals surface area contributed by atoms with Gasteiger partial charge in [-0.2, -0.15) is 0 Å². The molecule has 26 heavy (non-hydrogen) atoms. The smallest absolute Gasteiger partial charge is 0.272 e. The van der Waals surface area contributed by atoms with Crippen molar-refractivity contribution < 1.29 is 9.90 Å². The number of likely N-dealkylation sites (N-methyl/N-ethyl adjacent to an activating group) is 1. The Morgan fingerprint density at radius 2 is 1.88 bits per heavy atom. The van der Waals surface area contributed by atoms with E-state index in [1.54, 1.807) is 12.3 Å². The number of carbonyl (C=O) groups is 1. The molecule has 1 aliphatic heterocycles. The summed E-state index contributed by atoms with van der Waals surface area (Å²) in [7, 11) is 2.10. The van der Waals surface area contributed by atoms with Crippen LogP contribution in [0.3, 0.4) is 0 Å². The van der Waals surface area contributed by atoms with Gasteiger partial charge in [0.2, 0.25) is 0 Å². The van der Waals surface area contributed by atoms with Gasteiger partial charge in [0.15, 0.2) is 0 Å². The molecule has 2 fully saturated rings. The van der Waals surface area contributed by atoms with E-state index in [-0.39, 0.29) is 5.91 Å². The number of piperidine rings is 1. The summed E-state index contributed by atoms with van der Waals surface area (Å²) in [6, 6.07) is 5.49. The highest BCUT2D eigenvalue weighted by molar-refractivity contribution is 5.92. The summed E-state index contributed by atoms with van der Waals surface area (Å²) >= 11 is 0. The monoisotopic (exact) mass is 359 g/mol. The van der Waals surface area contributed by atoms with Crippen LogP contribution >= 0.6 is 0 Å². The lowest BCUT2D eigenvalue weighted by Crippen LogP contribution is -2.50. The van der Waals surface area contributed by atoms with Gasteiger partial charge >= 0.3 is 0 Å². The van der Waals surface area contributed by atoms with Gasteiger partial charge in [-0.3, -0.25) is 9.78 Å². The SMILES string of the molecule is CCCN(C)CC1(O)CCC2(CCN(C(=O)c3ccccn3)CC2)CC1. The highest BCUT2D eigenvalue weighted by Gasteiger charge is 2.44. The highest BCUT2D eigenvalue weighted by Crippen LogP contribution is 2.47. The molecule has 3 rings (SSSR count). The standard InChI is InChI=1S/C21H33N3O2/c1-3-14-23(2)17-21(26)9-7-20(8-10-21)11-15-24(16-12-20)19(25)18-6-4-5-13-22-18/h4-6,13,26H,3,7-12,14-17H2,1-2H3. The van der Waals surface area contributed by atoms with Crippen molar-refractivity contribution in [1.29, 1.82) is 0 Å². The number of likely N-dealkylation sites (tertiary alicyclic amines) is 1. The van der Waals surface area contributed by atoms with E-state index in [0.29, 0.717) is 11.1 Å². The number of hydrogen-bond donors (Lipinski definition) is 1. The zero-order valence-corrected chi connectivity index (χ0v) is 16.3. The van der Waals surface area contributed by atoms with Crippen LogP contribution in [0.5, 0.6) is 0 Å². The molecule has 1 aromatic heterocycles. The van der Waals surface area contributed by atoms with Crippen molar-refractivity contribution in [2.24, 2.45) is 5.41 Å². The first-order chi connectivity index (χ1) is 12.5.